The van der Waals surface area contributed by atoms with Crippen molar-refractivity contribution < 1.29 is 14.7 Å². The molecule has 1 heterocycles. The Morgan fingerprint density at radius 3 is 2.83 bits per heavy atom. The number of hydrogen-bond acceptors (Lipinski definition) is 3. The third kappa shape index (κ3) is 3.41. The minimum absolute atomic E-state index is 0.0259. The molecule has 2 aromatic carbocycles. The maximum Gasteiger partial charge on any atom is 0.227 e. The summed E-state index contributed by atoms with van der Waals surface area (Å²) in [6.45, 7) is 2.51. The number of aliphatic hydroxyl groups is 1. The van der Waals surface area contributed by atoms with E-state index in [0.717, 1.165) is 16.5 Å². The normalized spacial score (nSPS) is 18.8. The predicted octanol–water partition coefficient (Wildman–Crippen LogP) is 2.08. The van der Waals surface area contributed by atoms with E-state index in [-0.39, 0.29) is 24.2 Å². The number of benzene rings is 2. The van der Waals surface area contributed by atoms with Crippen LogP contribution in [0.3, 0.4) is 0 Å². The molecule has 3 rings (SSSR count). The second-order valence-corrected chi connectivity index (χ2v) is 6.33. The van der Waals surface area contributed by atoms with Crippen molar-refractivity contribution >= 4 is 28.3 Å². The second kappa shape index (κ2) is 7.01. The average Bonchev–Trinajstić information content (AvgIpc) is 2.95. The van der Waals surface area contributed by atoms with E-state index < -0.39 is 6.10 Å². The van der Waals surface area contributed by atoms with Gasteiger partial charge in [0.25, 0.3) is 0 Å². The molecule has 0 spiro atoms. The minimum atomic E-state index is -0.442. The molecule has 0 aromatic heterocycles. The van der Waals surface area contributed by atoms with Crippen LogP contribution in [-0.2, 0) is 9.59 Å². The van der Waals surface area contributed by atoms with E-state index in [2.05, 4.69) is 5.32 Å². The van der Waals surface area contributed by atoms with Gasteiger partial charge in [0, 0.05) is 24.9 Å². The lowest BCUT2D eigenvalue weighted by Gasteiger charge is -2.19. The first-order valence-electron chi connectivity index (χ1n) is 8.30. The summed E-state index contributed by atoms with van der Waals surface area (Å²) >= 11 is 0. The minimum Gasteiger partial charge on any atom is -0.393 e. The molecule has 0 radical (unpaired) electrons. The fourth-order valence-corrected chi connectivity index (χ4v) is 3.11. The van der Waals surface area contributed by atoms with E-state index in [9.17, 15) is 14.7 Å². The molecule has 0 aliphatic carbocycles. The number of carbonyl (C=O) groups excluding carboxylic acids is 2. The van der Waals surface area contributed by atoms with Crippen LogP contribution < -0.4 is 10.2 Å². The molecule has 1 aliphatic heterocycles. The Morgan fingerprint density at radius 2 is 2.04 bits per heavy atom. The summed E-state index contributed by atoms with van der Waals surface area (Å²) in [5, 5.41) is 14.2. The van der Waals surface area contributed by atoms with Gasteiger partial charge in [0.15, 0.2) is 0 Å². The molecule has 0 saturated carbocycles. The highest BCUT2D eigenvalue weighted by atomic mass is 16.3. The summed E-state index contributed by atoms with van der Waals surface area (Å²) < 4.78 is 0. The van der Waals surface area contributed by atoms with Gasteiger partial charge in [0.05, 0.1) is 17.7 Å². The van der Waals surface area contributed by atoms with Crippen LogP contribution in [0.15, 0.2) is 42.5 Å². The standard InChI is InChI=1S/C19H22N2O3/c1-13(22)9-10-20-19(24)15-11-18(23)21(12-15)17-8-4-6-14-5-2-3-7-16(14)17/h2-8,13,15,22H,9-12H2,1H3,(H,20,24). The van der Waals surface area contributed by atoms with E-state index in [1.165, 1.54) is 0 Å². The van der Waals surface area contributed by atoms with Gasteiger partial charge in [-0.3, -0.25) is 9.59 Å². The number of fused-ring (bicyclic) bond motifs is 1. The average molecular weight is 326 g/mol. The summed E-state index contributed by atoms with van der Waals surface area (Å²) in [6.07, 6.45) is 0.297. The molecule has 5 heteroatoms. The van der Waals surface area contributed by atoms with Gasteiger partial charge in [-0.25, -0.2) is 0 Å². The fourth-order valence-electron chi connectivity index (χ4n) is 3.11. The van der Waals surface area contributed by atoms with Gasteiger partial charge in [-0.05, 0) is 24.8 Å². The molecule has 2 unspecified atom stereocenters. The molecule has 1 fully saturated rings. The molecule has 24 heavy (non-hydrogen) atoms. The first-order valence-corrected chi connectivity index (χ1v) is 8.30. The van der Waals surface area contributed by atoms with Gasteiger partial charge in [-0.2, -0.15) is 0 Å². The van der Waals surface area contributed by atoms with Crippen LogP contribution in [0.1, 0.15) is 19.8 Å². The summed E-state index contributed by atoms with van der Waals surface area (Å²) in [5.41, 5.74) is 0.859. The van der Waals surface area contributed by atoms with Crippen molar-refractivity contribution in [1.82, 2.24) is 5.32 Å². The van der Waals surface area contributed by atoms with Crippen LogP contribution in [-0.4, -0.2) is 36.1 Å². The van der Waals surface area contributed by atoms with Crippen molar-refractivity contribution in [3.05, 3.63) is 42.5 Å². The highest BCUT2D eigenvalue weighted by Crippen LogP contribution is 2.31. The van der Waals surface area contributed by atoms with Gasteiger partial charge in [0.2, 0.25) is 11.8 Å². The maximum atomic E-state index is 12.4. The van der Waals surface area contributed by atoms with Crippen molar-refractivity contribution in [2.45, 2.75) is 25.9 Å². The lowest BCUT2D eigenvalue weighted by atomic mass is 10.1. The Kier molecular flexibility index (Phi) is 4.81. The van der Waals surface area contributed by atoms with Crippen LogP contribution >= 0.6 is 0 Å². The van der Waals surface area contributed by atoms with Crippen molar-refractivity contribution in [3.8, 4) is 0 Å². The number of carbonyl (C=O) groups is 2. The zero-order valence-corrected chi connectivity index (χ0v) is 13.7. The summed E-state index contributed by atoms with van der Waals surface area (Å²) in [5.74, 6) is -0.487. The molecule has 2 atom stereocenters. The topological polar surface area (TPSA) is 69.6 Å². The molecule has 0 bridgehead atoms. The molecule has 126 valence electrons. The quantitative estimate of drug-likeness (QED) is 0.884. The Bertz CT molecular complexity index is 752. The van der Waals surface area contributed by atoms with Crippen LogP contribution in [0.5, 0.6) is 0 Å². The number of nitrogens with zero attached hydrogens (tertiary/aromatic N) is 1. The fraction of sp³-hybridized carbons (Fsp3) is 0.368. The zero-order chi connectivity index (χ0) is 17.1. The monoisotopic (exact) mass is 326 g/mol. The molecular formula is C19H22N2O3. The van der Waals surface area contributed by atoms with Gasteiger partial charge in [-0.1, -0.05) is 36.4 Å². The number of rotatable bonds is 5. The molecule has 5 nitrogen and oxygen atoms in total. The number of nitrogens with one attached hydrogen (secondary N) is 1. The van der Waals surface area contributed by atoms with Gasteiger partial charge in [0.1, 0.15) is 0 Å². The smallest absolute Gasteiger partial charge is 0.227 e. The lowest BCUT2D eigenvalue weighted by Crippen LogP contribution is -2.34. The molecule has 2 N–H and O–H groups in total. The SMILES string of the molecule is CC(O)CCNC(=O)C1CC(=O)N(c2cccc3ccccc23)C1. The van der Waals surface area contributed by atoms with E-state index in [1.807, 2.05) is 42.5 Å². The largest absolute Gasteiger partial charge is 0.393 e. The molecule has 1 saturated heterocycles. The molecule has 1 aliphatic rings. The lowest BCUT2D eigenvalue weighted by molar-refractivity contribution is -0.126. The van der Waals surface area contributed by atoms with Crippen LogP contribution in [0.4, 0.5) is 5.69 Å². The van der Waals surface area contributed by atoms with E-state index >= 15 is 0 Å². The van der Waals surface area contributed by atoms with Gasteiger partial charge < -0.3 is 15.3 Å². The second-order valence-electron chi connectivity index (χ2n) is 6.33. The Balaban J connectivity index is 1.74. The summed E-state index contributed by atoms with van der Waals surface area (Å²) in [4.78, 5) is 26.4. The number of aliphatic hydroxyl groups excluding tert-OH is 1. The molecular weight excluding hydrogens is 304 g/mol. The zero-order valence-electron chi connectivity index (χ0n) is 13.7. The molecule has 2 amide bonds. The van der Waals surface area contributed by atoms with Crippen molar-refractivity contribution in [2.75, 3.05) is 18.0 Å². The number of hydrogen-bond donors (Lipinski definition) is 2. The van der Waals surface area contributed by atoms with E-state index in [4.69, 9.17) is 0 Å². The maximum absolute atomic E-state index is 12.4. The third-order valence-corrected chi connectivity index (χ3v) is 4.41. The van der Waals surface area contributed by atoms with Crippen molar-refractivity contribution in [3.63, 3.8) is 0 Å². The third-order valence-electron chi connectivity index (χ3n) is 4.41. The first kappa shape index (κ1) is 16.5. The van der Waals surface area contributed by atoms with Crippen LogP contribution in [0, 0.1) is 5.92 Å². The predicted molar refractivity (Wildman–Crippen MR) is 93.7 cm³/mol. The summed E-state index contributed by atoms with van der Waals surface area (Å²) in [7, 11) is 0. The Hall–Kier alpha value is -2.40. The van der Waals surface area contributed by atoms with Gasteiger partial charge in [-0.15, -0.1) is 0 Å². The van der Waals surface area contributed by atoms with Crippen molar-refractivity contribution in [2.24, 2.45) is 5.92 Å². The van der Waals surface area contributed by atoms with Crippen LogP contribution in [0.25, 0.3) is 10.8 Å². The highest BCUT2D eigenvalue weighted by Gasteiger charge is 2.35. The Morgan fingerprint density at radius 1 is 1.29 bits per heavy atom. The van der Waals surface area contributed by atoms with E-state index in [0.29, 0.717) is 19.5 Å². The number of anilines is 1. The summed E-state index contributed by atoms with van der Waals surface area (Å²) in [6, 6.07) is 13.8. The number of amides is 2. The van der Waals surface area contributed by atoms with Crippen molar-refractivity contribution in [1.29, 1.82) is 0 Å². The first-order chi connectivity index (χ1) is 11.6. The van der Waals surface area contributed by atoms with E-state index in [1.54, 1.807) is 11.8 Å². The highest BCUT2D eigenvalue weighted by molar-refractivity contribution is 6.06. The van der Waals surface area contributed by atoms with Crippen LogP contribution in [0.2, 0.25) is 0 Å². The Labute approximate surface area is 141 Å². The molecule has 2 aromatic rings. The van der Waals surface area contributed by atoms with Gasteiger partial charge >= 0.3 is 0 Å².